The number of carbonyl (C=O) groups is 2. The van der Waals surface area contributed by atoms with Gasteiger partial charge in [-0.1, -0.05) is 29.8 Å². The normalized spacial score (nSPS) is 17.9. The summed E-state index contributed by atoms with van der Waals surface area (Å²) in [5.41, 5.74) is 1.75. The van der Waals surface area contributed by atoms with Gasteiger partial charge in [-0.25, -0.2) is 0 Å². The van der Waals surface area contributed by atoms with Crippen molar-refractivity contribution >= 4 is 11.8 Å². The Morgan fingerprint density at radius 2 is 2.00 bits per heavy atom. The van der Waals surface area contributed by atoms with E-state index in [9.17, 15) is 9.59 Å². The van der Waals surface area contributed by atoms with Crippen LogP contribution in [0.15, 0.2) is 24.3 Å². The summed E-state index contributed by atoms with van der Waals surface area (Å²) in [6.45, 7) is 3.02. The predicted octanol–water partition coefficient (Wildman–Crippen LogP) is 2.68. The molecule has 108 valence electrons. The van der Waals surface area contributed by atoms with Crippen LogP contribution in [0.3, 0.4) is 0 Å². The van der Waals surface area contributed by atoms with Gasteiger partial charge >= 0.3 is 5.97 Å². The fraction of sp³-hybridized carbons (Fsp3) is 0.500. The molecule has 1 saturated heterocycles. The largest absolute Gasteiger partial charge is 0.463 e. The van der Waals surface area contributed by atoms with Gasteiger partial charge in [0, 0.05) is 18.6 Å². The quantitative estimate of drug-likeness (QED) is 0.592. The van der Waals surface area contributed by atoms with Crippen LogP contribution in [0.2, 0.25) is 0 Å². The van der Waals surface area contributed by atoms with Crippen molar-refractivity contribution in [2.75, 3.05) is 13.2 Å². The smallest absolute Gasteiger partial charge is 0.306 e. The van der Waals surface area contributed by atoms with Gasteiger partial charge in [-0.3, -0.25) is 9.59 Å². The maximum Gasteiger partial charge on any atom is 0.306 e. The van der Waals surface area contributed by atoms with Gasteiger partial charge in [0.25, 0.3) is 0 Å². The first-order valence-corrected chi connectivity index (χ1v) is 7.02. The van der Waals surface area contributed by atoms with Crippen molar-refractivity contribution in [2.45, 2.75) is 38.7 Å². The highest BCUT2D eigenvalue weighted by atomic mass is 16.6. The third-order valence-corrected chi connectivity index (χ3v) is 3.38. The van der Waals surface area contributed by atoms with Crippen molar-refractivity contribution in [2.24, 2.45) is 0 Å². The van der Waals surface area contributed by atoms with Gasteiger partial charge in [-0.05, 0) is 19.8 Å². The third-order valence-electron chi connectivity index (χ3n) is 3.38. The molecule has 2 rings (SSSR count). The average molecular weight is 276 g/mol. The molecule has 1 atom stereocenters. The molecule has 1 aromatic carbocycles. The van der Waals surface area contributed by atoms with E-state index in [-0.39, 0.29) is 30.7 Å². The van der Waals surface area contributed by atoms with E-state index >= 15 is 0 Å². The molecule has 0 N–H and O–H groups in total. The molecule has 0 spiro atoms. The molecule has 4 nitrogen and oxygen atoms in total. The molecule has 1 aliphatic rings. The predicted molar refractivity (Wildman–Crippen MR) is 74.7 cm³/mol. The summed E-state index contributed by atoms with van der Waals surface area (Å²) in [6, 6.07) is 7.36. The second kappa shape index (κ2) is 7.20. The van der Waals surface area contributed by atoms with Crippen molar-refractivity contribution in [3.63, 3.8) is 0 Å². The molecular weight excluding hydrogens is 256 g/mol. The van der Waals surface area contributed by atoms with Gasteiger partial charge in [0.1, 0.15) is 6.61 Å². The number of rotatable bonds is 6. The molecule has 0 radical (unpaired) electrons. The molecule has 0 aromatic heterocycles. The molecule has 1 fully saturated rings. The van der Waals surface area contributed by atoms with Gasteiger partial charge in [-0.15, -0.1) is 0 Å². The number of benzene rings is 1. The van der Waals surface area contributed by atoms with E-state index < -0.39 is 0 Å². The molecule has 0 bridgehead atoms. The number of ether oxygens (including phenoxy) is 2. The molecule has 20 heavy (non-hydrogen) atoms. The first-order valence-electron chi connectivity index (χ1n) is 7.02. The van der Waals surface area contributed by atoms with Crippen molar-refractivity contribution < 1.29 is 19.1 Å². The lowest BCUT2D eigenvalue weighted by atomic mass is 10.1. The Balaban J connectivity index is 1.69. The second-order valence-electron chi connectivity index (χ2n) is 5.11. The summed E-state index contributed by atoms with van der Waals surface area (Å²) in [4.78, 5) is 23.4. The zero-order chi connectivity index (χ0) is 14.4. The maximum atomic E-state index is 11.9. The number of aryl methyl sites for hydroxylation is 1. The number of hydrogen-bond acceptors (Lipinski definition) is 4. The summed E-state index contributed by atoms with van der Waals surface area (Å²) in [5, 5.41) is 0. The molecule has 4 heteroatoms. The van der Waals surface area contributed by atoms with Gasteiger partial charge in [0.05, 0.1) is 12.5 Å². The van der Waals surface area contributed by atoms with Crippen molar-refractivity contribution in [3.8, 4) is 0 Å². The molecule has 0 saturated carbocycles. The van der Waals surface area contributed by atoms with Gasteiger partial charge in [0.15, 0.2) is 5.78 Å². The van der Waals surface area contributed by atoms with E-state index in [4.69, 9.17) is 9.47 Å². The van der Waals surface area contributed by atoms with E-state index in [2.05, 4.69) is 0 Å². The van der Waals surface area contributed by atoms with Crippen LogP contribution in [0.1, 0.15) is 41.6 Å². The molecule has 1 unspecified atom stereocenters. The number of ketones is 1. The fourth-order valence-corrected chi connectivity index (χ4v) is 2.13. The van der Waals surface area contributed by atoms with Crippen LogP contribution >= 0.6 is 0 Å². The molecule has 0 aliphatic carbocycles. The van der Waals surface area contributed by atoms with Crippen LogP contribution in [0.25, 0.3) is 0 Å². The Bertz CT molecular complexity index is 458. The minimum atomic E-state index is -0.332. The Morgan fingerprint density at radius 3 is 2.65 bits per heavy atom. The highest BCUT2D eigenvalue weighted by molar-refractivity contribution is 5.97. The molecular formula is C16H20O4. The molecule has 1 aliphatic heterocycles. The van der Waals surface area contributed by atoms with E-state index in [1.54, 1.807) is 12.1 Å². The van der Waals surface area contributed by atoms with E-state index in [0.29, 0.717) is 12.2 Å². The number of Topliss-reactive ketones (excluding diaryl/α,β-unsaturated/α-hetero) is 1. The fourth-order valence-electron chi connectivity index (χ4n) is 2.13. The van der Waals surface area contributed by atoms with Crippen molar-refractivity contribution in [1.29, 1.82) is 0 Å². The lowest BCUT2D eigenvalue weighted by Crippen LogP contribution is -2.18. The van der Waals surface area contributed by atoms with Gasteiger partial charge < -0.3 is 9.47 Å². The topological polar surface area (TPSA) is 52.6 Å². The van der Waals surface area contributed by atoms with Crippen LogP contribution in [-0.2, 0) is 14.3 Å². The Kier molecular flexibility index (Phi) is 5.30. The Hall–Kier alpha value is -1.68. The summed E-state index contributed by atoms with van der Waals surface area (Å²) in [7, 11) is 0. The monoisotopic (exact) mass is 276 g/mol. The summed E-state index contributed by atoms with van der Waals surface area (Å²) in [5.74, 6) is -0.361. The number of esters is 1. The number of carbonyl (C=O) groups excluding carboxylic acids is 2. The van der Waals surface area contributed by atoms with Gasteiger partial charge in [0.2, 0.25) is 0 Å². The van der Waals surface area contributed by atoms with E-state index in [0.717, 1.165) is 25.0 Å². The molecule has 1 aromatic rings. The second-order valence-corrected chi connectivity index (χ2v) is 5.11. The maximum absolute atomic E-state index is 11.9. The zero-order valence-electron chi connectivity index (χ0n) is 11.8. The average Bonchev–Trinajstić information content (AvgIpc) is 2.96. The van der Waals surface area contributed by atoms with Crippen LogP contribution < -0.4 is 0 Å². The Labute approximate surface area is 119 Å². The summed E-state index contributed by atoms with van der Waals surface area (Å²) < 4.78 is 10.5. The molecule has 0 amide bonds. The van der Waals surface area contributed by atoms with E-state index in [1.807, 2.05) is 19.1 Å². The number of hydrogen-bond donors (Lipinski definition) is 0. The lowest BCUT2D eigenvalue weighted by Gasteiger charge is -2.09. The minimum absolute atomic E-state index is 0.0286. The first kappa shape index (κ1) is 14.7. The summed E-state index contributed by atoms with van der Waals surface area (Å²) >= 11 is 0. The van der Waals surface area contributed by atoms with Crippen molar-refractivity contribution in [1.82, 2.24) is 0 Å². The zero-order valence-corrected chi connectivity index (χ0v) is 11.8. The van der Waals surface area contributed by atoms with Crippen LogP contribution in [-0.4, -0.2) is 31.1 Å². The lowest BCUT2D eigenvalue weighted by molar-refractivity contribution is -0.146. The Morgan fingerprint density at radius 1 is 1.25 bits per heavy atom. The first-order chi connectivity index (χ1) is 9.65. The van der Waals surface area contributed by atoms with Crippen molar-refractivity contribution in [3.05, 3.63) is 35.4 Å². The standard InChI is InChI=1S/C16H20O4/c1-12-4-6-13(7-5-12)15(17)8-9-16(18)20-11-14-3-2-10-19-14/h4-7,14H,2-3,8-11H2,1H3. The SMILES string of the molecule is Cc1ccc(C(=O)CCC(=O)OCC2CCCO2)cc1. The highest BCUT2D eigenvalue weighted by Crippen LogP contribution is 2.13. The van der Waals surface area contributed by atoms with E-state index in [1.165, 1.54) is 0 Å². The van der Waals surface area contributed by atoms with Gasteiger partial charge in [-0.2, -0.15) is 0 Å². The van der Waals surface area contributed by atoms with Crippen LogP contribution in [0.5, 0.6) is 0 Å². The summed E-state index contributed by atoms with van der Waals surface area (Å²) in [6.07, 6.45) is 2.31. The highest BCUT2D eigenvalue weighted by Gasteiger charge is 2.18. The van der Waals surface area contributed by atoms with Crippen LogP contribution in [0, 0.1) is 6.92 Å². The molecule has 1 heterocycles. The minimum Gasteiger partial charge on any atom is -0.463 e. The third kappa shape index (κ3) is 4.46. The van der Waals surface area contributed by atoms with Crippen LogP contribution in [0.4, 0.5) is 0 Å².